The first kappa shape index (κ1) is 29.1. The van der Waals surface area contributed by atoms with E-state index in [2.05, 4.69) is 26.8 Å². The molecule has 1 aliphatic carbocycles. The molecule has 0 unspecified atom stereocenters. The Labute approximate surface area is 231 Å². The number of carboxylic acid groups (broad SMARTS) is 1. The number of phenolic OH excluding ortho intramolecular Hbond substituents is 1. The minimum Gasteiger partial charge on any atom is -0.507 e. The van der Waals surface area contributed by atoms with Crippen LogP contribution in [0.5, 0.6) is 5.75 Å². The Morgan fingerprint density at radius 1 is 1.08 bits per heavy atom. The van der Waals surface area contributed by atoms with Crippen LogP contribution in [0.1, 0.15) is 84.1 Å². The Morgan fingerprint density at radius 2 is 1.85 bits per heavy atom. The average molecular weight is 538 g/mol. The molecule has 2 aliphatic heterocycles. The minimum atomic E-state index is -0.819. The molecule has 1 aromatic rings. The van der Waals surface area contributed by atoms with Crippen LogP contribution < -0.4 is 0 Å². The highest BCUT2D eigenvalue weighted by Crippen LogP contribution is 2.51. The van der Waals surface area contributed by atoms with Crippen molar-refractivity contribution >= 4 is 23.9 Å². The van der Waals surface area contributed by atoms with Gasteiger partial charge in [-0.25, -0.2) is 0 Å². The van der Waals surface area contributed by atoms with Gasteiger partial charge in [-0.05, 0) is 56.1 Å². The lowest BCUT2D eigenvalue weighted by atomic mass is 9.67. The summed E-state index contributed by atoms with van der Waals surface area (Å²) in [7, 11) is 0. The largest absolute Gasteiger partial charge is 0.507 e. The van der Waals surface area contributed by atoms with Gasteiger partial charge in [0.05, 0.1) is 24.5 Å². The summed E-state index contributed by atoms with van der Waals surface area (Å²) in [5.41, 5.74) is 4.61. The maximum absolute atomic E-state index is 13.5. The summed E-state index contributed by atoms with van der Waals surface area (Å²) in [5.74, 6) is -1.15. The molecule has 0 spiro atoms. The Hall–Kier alpha value is -2.93. The highest BCUT2D eigenvalue weighted by atomic mass is 16.5. The number of hydrogen-bond donors (Lipinski definition) is 2. The maximum Gasteiger partial charge on any atom is 0.303 e. The van der Waals surface area contributed by atoms with Gasteiger partial charge in [0.2, 0.25) is 11.8 Å². The van der Waals surface area contributed by atoms with Crippen molar-refractivity contribution in [3.63, 3.8) is 0 Å². The van der Waals surface area contributed by atoms with Crippen LogP contribution in [0, 0.1) is 23.7 Å². The Morgan fingerprint density at radius 3 is 2.54 bits per heavy atom. The number of para-hydroxylation sites is 1. The topological polar surface area (TPSA) is 104 Å². The third-order valence-electron chi connectivity index (χ3n) is 8.60. The number of phenols is 1. The monoisotopic (exact) mass is 537 g/mol. The van der Waals surface area contributed by atoms with Crippen LogP contribution >= 0.6 is 0 Å². The van der Waals surface area contributed by atoms with Crippen molar-refractivity contribution in [2.75, 3.05) is 13.2 Å². The van der Waals surface area contributed by atoms with E-state index in [-0.39, 0.29) is 53.8 Å². The number of aromatic hydroxyl groups is 1. The molecular formula is C32H43NO6. The predicted octanol–water partition coefficient (Wildman–Crippen LogP) is 5.97. The van der Waals surface area contributed by atoms with E-state index in [0.717, 1.165) is 31.2 Å². The van der Waals surface area contributed by atoms with E-state index in [1.807, 2.05) is 18.2 Å². The second-order valence-corrected chi connectivity index (χ2v) is 11.6. The number of benzene rings is 1. The summed E-state index contributed by atoms with van der Waals surface area (Å²) in [6.07, 6.45) is 8.24. The number of rotatable bonds is 13. The predicted molar refractivity (Wildman–Crippen MR) is 150 cm³/mol. The minimum absolute atomic E-state index is 0.0589. The molecule has 4 rings (SSSR count). The van der Waals surface area contributed by atoms with Gasteiger partial charge in [0.25, 0.3) is 0 Å². The molecule has 212 valence electrons. The van der Waals surface area contributed by atoms with Gasteiger partial charge in [-0.3, -0.25) is 19.3 Å². The molecule has 39 heavy (non-hydrogen) atoms. The molecule has 2 fully saturated rings. The van der Waals surface area contributed by atoms with Crippen LogP contribution in [0.3, 0.4) is 0 Å². The second kappa shape index (κ2) is 12.9. The number of imide groups is 1. The van der Waals surface area contributed by atoms with Crippen LogP contribution in [0.15, 0.2) is 41.0 Å². The fourth-order valence-electron chi connectivity index (χ4n) is 6.70. The first-order valence-corrected chi connectivity index (χ1v) is 14.6. The van der Waals surface area contributed by atoms with Gasteiger partial charge in [0, 0.05) is 24.4 Å². The van der Waals surface area contributed by atoms with Gasteiger partial charge in [0.15, 0.2) is 0 Å². The standard InChI is InChI=1S/C32H43NO6/c1-4-10-21(17-22-11-7-8-12-26(22)34)14-15-27-29-23(20(2)3)18-24-30(25(29)19-39-27)32(38)33(31(24)37)16-9-5-6-13-28(35)36/h7-8,11-12,17,20,24-25,27,30,34H,4-6,9-10,13-16,18-19H2,1-3H3,(H,35,36)/b21-17+/t24-,25+,27-,30-/m1/s1. The summed E-state index contributed by atoms with van der Waals surface area (Å²) in [6.45, 7) is 7.32. The molecular weight excluding hydrogens is 494 g/mol. The van der Waals surface area contributed by atoms with Crippen LogP contribution in [0.2, 0.25) is 0 Å². The molecule has 7 heteroatoms. The molecule has 3 aliphatic rings. The van der Waals surface area contributed by atoms with E-state index in [9.17, 15) is 19.5 Å². The molecule has 7 nitrogen and oxygen atoms in total. The first-order valence-electron chi connectivity index (χ1n) is 14.6. The molecule has 2 N–H and O–H groups in total. The number of aliphatic carboxylic acids is 1. The van der Waals surface area contributed by atoms with Crippen molar-refractivity contribution in [3.05, 3.63) is 46.5 Å². The number of carbonyl (C=O) groups excluding carboxylic acids is 2. The fourth-order valence-corrected chi connectivity index (χ4v) is 6.70. The average Bonchev–Trinajstić information content (AvgIpc) is 3.42. The molecule has 1 aromatic carbocycles. The van der Waals surface area contributed by atoms with Crippen LogP contribution in [-0.4, -0.2) is 52.2 Å². The van der Waals surface area contributed by atoms with E-state index in [1.165, 1.54) is 21.6 Å². The van der Waals surface area contributed by atoms with Crippen molar-refractivity contribution in [1.82, 2.24) is 4.90 Å². The van der Waals surface area contributed by atoms with Crippen molar-refractivity contribution in [2.24, 2.45) is 23.7 Å². The molecule has 2 heterocycles. The zero-order valence-corrected chi connectivity index (χ0v) is 23.5. The van der Waals surface area contributed by atoms with E-state index >= 15 is 0 Å². The molecule has 0 radical (unpaired) electrons. The van der Waals surface area contributed by atoms with Gasteiger partial charge >= 0.3 is 5.97 Å². The van der Waals surface area contributed by atoms with Crippen molar-refractivity contribution in [3.8, 4) is 5.75 Å². The highest BCUT2D eigenvalue weighted by Gasteiger charge is 2.56. The number of fused-ring (bicyclic) bond motifs is 3. The second-order valence-electron chi connectivity index (χ2n) is 11.6. The Bertz CT molecular complexity index is 1140. The van der Waals surface area contributed by atoms with Crippen molar-refractivity contribution in [1.29, 1.82) is 0 Å². The van der Waals surface area contributed by atoms with Crippen LogP contribution in [0.25, 0.3) is 6.08 Å². The number of allylic oxidation sites excluding steroid dienone is 2. The lowest BCUT2D eigenvalue weighted by Gasteiger charge is -2.33. The number of carbonyl (C=O) groups is 3. The highest BCUT2D eigenvalue weighted by molar-refractivity contribution is 6.06. The van der Waals surface area contributed by atoms with Gasteiger partial charge in [0.1, 0.15) is 5.75 Å². The zero-order valence-electron chi connectivity index (χ0n) is 23.5. The molecule has 0 bridgehead atoms. The number of carboxylic acids is 1. The number of amides is 2. The fraction of sp³-hybridized carbons (Fsp3) is 0.594. The third kappa shape index (κ3) is 6.46. The van der Waals surface area contributed by atoms with Gasteiger partial charge in [-0.1, -0.05) is 69.0 Å². The van der Waals surface area contributed by atoms with E-state index in [0.29, 0.717) is 38.8 Å². The first-order chi connectivity index (χ1) is 18.7. The summed E-state index contributed by atoms with van der Waals surface area (Å²) in [6, 6.07) is 7.38. The van der Waals surface area contributed by atoms with Crippen molar-refractivity contribution < 1.29 is 29.3 Å². The van der Waals surface area contributed by atoms with Gasteiger partial charge < -0.3 is 14.9 Å². The van der Waals surface area contributed by atoms with E-state index in [4.69, 9.17) is 9.84 Å². The van der Waals surface area contributed by atoms with Crippen LogP contribution in [0.4, 0.5) is 0 Å². The SMILES string of the molecule is CCC/C(=C\c1ccccc1O)CC[C@H]1OC[C@H]2C1=C(C(C)C)C[C@H]1C(=O)N(CCCCCC(=O)O)C(=O)[C@H]12. The number of hydrogen-bond acceptors (Lipinski definition) is 5. The maximum atomic E-state index is 13.5. The number of nitrogens with zero attached hydrogens (tertiary/aromatic N) is 1. The number of ether oxygens (including phenoxy) is 1. The smallest absolute Gasteiger partial charge is 0.303 e. The molecule has 2 amide bonds. The zero-order chi connectivity index (χ0) is 28.1. The summed E-state index contributed by atoms with van der Waals surface area (Å²) in [5, 5.41) is 19.1. The number of likely N-dealkylation sites (tertiary alicyclic amines) is 1. The molecule has 2 saturated heterocycles. The van der Waals surface area contributed by atoms with E-state index in [1.54, 1.807) is 6.07 Å². The number of unbranched alkanes of at least 4 members (excludes halogenated alkanes) is 2. The lowest BCUT2D eigenvalue weighted by Crippen LogP contribution is -2.35. The molecule has 0 aromatic heterocycles. The van der Waals surface area contributed by atoms with Gasteiger partial charge in [-0.15, -0.1) is 0 Å². The third-order valence-corrected chi connectivity index (χ3v) is 8.60. The Kier molecular flexibility index (Phi) is 9.65. The summed E-state index contributed by atoms with van der Waals surface area (Å²) < 4.78 is 6.37. The van der Waals surface area contributed by atoms with Gasteiger partial charge in [-0.2, -0.15) is 0 Å². The Balaban J connectivity index is 1.48. The van der Waals surface area contributed by atoms with E-state index < -0.39 is 5.97 Å². The van der Waals surface area contributed by atoms with Crippen LogP contribution in [-0.2, 0) is 19.1 Å². The van der Waals surface area contributed by atoms with Crippen molar-refractivity contribution in [2.45, 2.75) is 84.7 Å². The summed E-state index contributed by atoms with van der Waals surface area (Å²) >= 11 is 0. The summed E-state index contributed by atoms with van der Waals surface area (Å²) in [4.78, 5) is 39.1. The quantitative estimate of drug-likeness (QED) is 0.182. The molecule has 4 atom stereocenters. The normalized spacial score (nSPS) is 25.0. The molecule has 0 saturated carbocycles. The lowest BCUT2D eigenvalue weighted by molar-refractivity contribution is -0.141.